The monoisotopic (exact) mass is 293 g/mol. The van der Waals surface area contributed by atoms with Gasteiger partial charge in [0.2, 0.25) is 5.91 Å². The SMILES string of the molecule is Cc1cc(C)c(C)c(OCCCC(=O)NC(C)C(=O)O)c1. The number of rotatable bonds is 7. The minimum Gasteiger partial charge on any atom is -0.493 e. The van der Waals surface area contributed by atoms with Crippen LogP contribution in [0.25, 0.3) is 0 Å². The van der Waals surface area contributed by atoms with Crippen molar-refractivity contribution in [2.45, 2.75) is 46.6 Å². The largest absolute Gasteiger partial charge is 0.493 e. The van der Waals surface area contributed by atoms with Crippen LogP contribution in [0.1, 0.15) is 36.5 Å². The molecule has 1 rings (SSSR count). The van der Waals surface area contributed by atoms with Crippen molar-refractivity contribution in [3.8, 4) is 5.75 Å². The van der Waals surface area contributed by atoms with E-state index in [1.807, 2.05) is 26.8 Å². The highest BCUT2D eigenvalue weighted by Gasteiger charge is 2.13. The van der Waals surface area contributed by atoms with E-state index in [1.165, 1.54) is 12.5 Å². The second-order valence-corrected chi connectivity index (χ2v) is 5.28. The van der Waals surface area contributed by atoms with Crippen molar-refractivity contribution >= 4 is 11.9 Å². The second-order valence-electron chi connectivity index (χ2n) is 5.28. The average Bonchev–Trinajstić information content (AvgIpc) is 2.39. The first-order chi connectivity index (χ1) is 9.81. The summed E-state index contributed by atoms with van der Waals surface area (Å²) in [6.07, 6.45) is 0.798. The van der Waals surface area contributed by atoms with Gasteiger partial charge in [-0.25, -0.2) is 0 Å². The zero-order chi connectivity index (χ0) is 16.0. The first kappa shape index (κ1) is 17.0. The van der Waals surface area contributed by atoms with E-state index >= 15 is 0 Å². The van der Waals surface area contributed by atoms with Crippen molar-refractivity contribution in [1.82, 2.24) is 5.32 Å². The number of carboxylic acids is 1. The Morgan fingerprint density at radius 2 is 1.95 bits per heavy atom. The summed E-state index contributed by atoms with van der Waals surface area (Å²) in [6, 6.07) is 3.22. The van der Waals surface area contributed by atoms with E-state index in [9.17, 15) is 9.59 Å². The third kappa shape index (κ3) is 5.45. The molecule has 0 radical (unpaired) electrons. The van der Waals surface area contributed by atoms with Crippen LogP contribution >= 0.6 is 0 Å². The summed E-state index contributed by atoms with van der Waals surface area (Å²) in [5.41, 5.74) is 3.42. The Morgan fingerprint density at radius 1 is 1.29 bits per heavy atom. The van der Waals surface area contributed by atoms with Crippen LogP contribution in [0.3, 0.4) is 0 Å². The Balaban J connectivity index is 2.38. The van der Waals surface area contributed by atoms with Crippen LogP contribution in [0.15, 0.2) is 12.1 Å². The van der Waals surface area contributed by atoms with E-state index in [0.717, 1.165) is 16.9 Å². The zero-order valence-electron chi connectivity index (χ0n) is 13.0. The molecule has 0 aromatic heterocycles. The molecular weight excluding hydrogens is 270 g/mol. The van der Waals surface area contributed by atoms with E-state index in [2.05, 4.69) is 11.4 Å². The third-order valence-electron chi connectivity index (χ3n) is 3.32. The molecular formula is C16H23NO4. The summed E-state index contributed by atoms with van der Waals surface area (Å²) in [5.74, 6) is -0.470. The number of hydrogen-bond donors (Lipinski definition) is 2. The molecule has 0 fully saturated rings. The molecule has 0 saturated carbocycles. The number of nitrogens with one attached hydrogen (secondary N) is 1. The van der Waals surface area contributed by atoms with Gasteiger partial charge in [-0.05, 0) is 56.9 Å². The highest BCUT2D eigenvalue weighted by Crippen LogP contribution is 2.23. The molecule has 2 N–H and O–H groups in total. The highest BCUT2D eigenvalue weighted by molar-refractivity contribution is 5.83. The van der Waals surface area contributed by atoms with Crippen LogP contribution in [0, 0.1) is 20.8 Å². The van der Waals surface area contributed by atoms with Gasteiger partial charge in [0.1, 0.15) is 11.8 Å². The van der Waals surface area contributed by atoms with E-state index in [0.29, 0.717) is 13.0 Å². The lowest BCUT2D eigenvalue weighted by Gasteiger charge is -2.13. The van der Waals surface area contributed by atoms with Crippen molar-refractivity contribution in [1.29, 1.82) is 0 Å². The van der Waals surface area contributed by atoms with Crippen molar-refractivity contribution in [3.05, 3.63) is 28.8 Å². The number of ether oxygens (including phenoxy) is 1. The molecule has 5 heteroatoms. The molecule has 5 nitrogen and oxygen atoms in total. The summed E-state index contributed by atoms with van der Waals surface area (Å²) >= 11 is 0. The maximum absolute atomic E-state index is 11.5. The molecule has 1 aromatic carbocycles. The second kappa shape index (κ2) is 7.67. The van der Waals surface area contributed by atoms with Gasteiger partial charge in [-0.15, -0.1) is 0 Å². The van der Waals surface area contributed by atoms with Crippen LogP contribution in [-0.4, -0.2) is 29.6 Å². The van der Waals surface area contributed by atoms with E-state index in [1.54, 1.807) is 0 Å². The maximum Gasteiger partial charge on any atom is 0.325 e. The molecule has 116 valence electrons. The Labute approximate surface area is 125 Å². The predicted molar refractivity (Wildman–Crippen MR) is 80.6 cm³/mol. The number of aliphatic carboxylic acids is 1. The van der Waals surface area contributed by atoms with E-state index in [-0.39, 0.29) is 12.3 Å². The lowest BCUT2D eigenvalue weighted by atomic mass is 10.1. The predicted octanol–water partition coefficient (Wildman–Crippen LogP) is 2.36. The molecule has 0 saturated heterocycles. The molecule has 1 amide bonds. The minimum atomic E-state index is -1.04. The summed E-state index contributed by atoms with van der Waals surface area (Å²) in [5, 5.41) is 11.1. The normalized spacial score (nSPS) is 11.8. The molecule has 0 aliphatic rings. The molecule has 1 atom stereocenters. The standard InChI is InChI=1S/C16H23NO4/c1-10-8-11(2)12(3)14(9-10)21-7-5-6-15(18)17-13(4)16(19)20/h8-9,13H,5-7H2,1-4H3,(H,17,18)(H,19,20). The first-order valence-electron chi connectivity index (χ1n) is 7.04. The molecule has 1 aromatic rings. The summed E-state index contributed by atoms with van der Waals surface area (Å²) in [6.45, 7) is 7.93. The third-order valence-corrected chi connectivity index (χ3v) is 3.32. The van der Waals surface area contributed by atoms with Gasteiger partial charge < -0.3 is 15.2 Å². The quantitative estimate of drug-likeness (QED) is 0.757. The molecule has 21 heavy (non-hydrogen) atoms. The summed E-state index contributed by atoms with van der Waals surface area (Å²) < 4.78 is 5.70. The number of carboxylic acid groups (broad SMARTS) is 1. The number of benzene rings is 1. The maximum atomic E-state index is 11.5. The lowest BCUT2D eigenvalue weighted by Crippen LogP contribution is -2.38. The summed E-state index contributed by atoms with van der Waals surface area (Å²) in [4.78, 5) is 22.1. The number of carbonyl (C=O) groups is 2. The fraction of sp³-hybridized carbons (Fsp3) is 0.500. The van der Waals surface area contributed by atoms with Crippen molar-refractivity contribution in [2.24, 2.45) is 0 Å². The van der Waals surface area contributed by atoms with Crippen molar-refractivity contribution in [2.75, 3.05) is 6.61 Å². The van der Waals surface area contributed by atoms with Crippen LogP contribution in [0.2, 0.25) is 0 Å². The molecule has 0 spiro atoms. The highest BCUT2D eigenvalue weighted by atomic mass is 16.5. The topological polar surface area (TPSA) is 75.6 Å². The van der Waals surface area contributed by atoms with Gasteiger partial charge >= 0.3 is 5.97 Å². The van der Waals surface area contributed by atoms with Crippen LogP contribution < -0.4 is 10.1 Å². The van der Waals surface area contributed by atoms with Gasteiger partial charge in [-0.3, -0.25) is 9.59 Å². The Bertz CT molecular complexity index is 525. The Hall–Kier alpha value is -2.04. The van der Waals surface area contributed by atoms with Crippen molar-refractivity contribution in [3.63, 3.8) is 0 Å². The zero-order valence-corrected chi connectivity index (χ0v) is 13.0. The van der Waals surface area contributed by atoms with E-state index in [4.69, 9.17) is 9.84 Å². The van der Waals surface area contributed by atoms with Gasteiger partial charge in [0.15, 0.2) is 0 Å². The molecule has 1 unspecified atom stereocenters. The van der Waals surface area contributed by atoms with Gasteiger partial charge in [-0.1, -0.05) is 6.07 Å². The van der Waals surface area contributed by atoms with Crippen molar-refractivity contribution < 1.29 is 19.4 Å². The lowest BCUT2D eigenvalue weighted by molar-refractivity contribution is -0.141. The van der Waals surface area contributed by atoms with Gasteiger partial charge in [0.25, 0.3) is 0 Å². The number of hydrogen-bond acceptors (Lipinski definition) is 3. The van der Waals surface area contributed by atoms with Crippen LogP contribution in [0.5, 0.6) is 5.75 Å². The molecule has 0 bridgehead atoms. The Kier molecular flexibility index (Phi) is 6.21. The average molecular weight is 293 g/mol. The summed E-state index contributed by atoms with van der Waals surface area (Å²) in [7, 11) is 0. The molecule has 0 heterocycles. The fourth-order valence-corrected chi connectivity index (χ4v) is 1.94. The van der Waals surface area contributed by atoms with Gasteiger partial charge in [-0.2, -0.15) is 0 Å². The molecule has 0 aliphatic carbocycles. The van der Waals surface area contributed by atoms with Crippen LogP contribution in [-0.2, 0) is 9.59 Å². The number of amides is 1. The fourth-order valence-electron chi connectivity index (χ4n) is 1.94. The minimum absolute atomic E-state index is 0.251. The number of carbonyl (C=O) groups excluding carboxylic acids is 1. The van der Waals surface area contributed by atoms with Crippen LogP contribution in [0.4, 0.5) is 0 Å². The number of aryl methyl sites for hydroxylation is 2. The first-order valence-corrected chi connectivity index (χ1v) is 7.04. The Morgan fingerprint density at radius 3 is 2.57 bits per heavy atom. The smallest absolute Gasteiger partial charge is 0.325 e. The molecule has 0 aliphatic heterocycles. The van der Waals surface area contributed by atoms with Gasteiger partial charge in [0, 0.05) is 6.42 Å². The van der Waals surface area contributed by atoms with Gasteiger partial charge in [0.05, 0.1) is 6.61 Å². The van der Waals surface area contributed by atoms with E-state index < -0.39 is 12.0 Å².